The molecule has 0 spiro atoms. The van der Waals surface area contributed by atoms with Crippen LogP contribution in [0.2, 0.25) is 0 Å². The zero-order valence-electron chi connectivity index (χ0n) is 11.9. The van der Waals surface area contributed by atoms with E-state index in [0.717, 1.165) is 43.7 Å². The van der Waals surface area contributed by atoms with E-state index in [1.54, 1.807) is 6.07 Å². The minimum atomic E-state index is -0.503. The summed E-state index contributed by atoms with van der Waals surface area (Å²) in [6, 6.07) is 5.55. The van der Waals surface area contributed by atoms with Gasteiger partial charge in [0.2, 0.25) is 0 Å². The Labute approximate surface area is 130 Å². The second-order valence-electron chi connectivity index (χ2n) is 5.37. The van der Waals surface area contributed by atoms with Gasteiger partial charge in [-0.15, -0.1) is 12.4 Å². The van der Waals surface area contributed by atoms with Gasteiger partial charge in [0, 0.05) is 39.1 Å². The van der Waals surface area contributed by atoms with Crippen molar-refractivity contribution < 1.29 is 14.6 Å². The second-order valence-corrected chi connectivity index (χ2v) is 5.37. The Bertz CT molecular complexity index is 504. The molecular weight excluding hydrogens is 292 g/mol. The molecule has 2 aliphatic heterocycles. The highest BCUT2D eigenvalue weighted by molar-refractivity contribution is 5.92. The van der Waals surface area contributed by atoms with E-state index in [2.05, 4.69) is 10.2 Å². The maximum absolute atomic E-state index is 11.6. The predicted octanol–water partition coefficient (Wildman–Crippen LogP) is 0.760. The van der Waals surface area contributed by atoms with Crippen molar-refractivity contribution in [3.63, 3.8) is 0 Å². The number of piperazine rings is 1. The van der Waals surface area contributed by atoms with E-state index >= 15 is 0 Å². The normalized spacial score (nSPS) is 20.1. The lowest BCUT2D eigenvalue weighted by Crippen LogP contribution is -2.44. The molecule has 116 valence electrons. The van der Waals surface area contributed by atoms with Gasteiger partial charge in [-0.05, 0) is 17.2 Å². The average Bonchev–Trinajstić information content (AvgIpc) is 2.48. The fourth-order valence-electron chi connectivity index (χ4n) is 2.80. The van der Waals surface area contributed by atoms with Crippen molar-refractivity contribution in [3.05, 3.63) is 34.9 Å². The number of hydrogen-bond acceptors (Lipinski definition) is 5. The molecule has 0 bridgehead atoms. The summed E-state index contributed by atoms with van der Waals surface area (Å²) in [7, 11) is 0. The number of halogens is 1. The minimum Gasteiger partial charge on any atom is -0.462 e. The van der Waals surface area contributed by atoms with Crippen LogP contribution in [0.5, 0.6) is 0 Å². The zero-order chi connectivity index (χ0) is 13.9. The molecule has 0 radical (unpaired) electrons. The number of nitrogens with one attached hydrogen (secondary N) is 1. The number of hydrogen-bond donors (Lipinski definition) is 2. The van der Waals surface area contributed by atoms with Crippen LogP contribution in [0.4, 0.5) is 0 Å². The fraction of sp³-hybridized carbons (Fsp3) is 0.533. The number of rotatable bonds is 3. The molecule has 3 rings (SSSR count). The number of carbonyl (C=O) groups excluding carboxylic acids is 1. The van der Waals surface area contributed by atoms with E-state index < -0.39 is 6.10 Å². The van der Waals surface area contributed by atoms with E-state index in [4.69, 9.17) is 4.74 Å². The van der Waals surface area contributed by atoms with Crippen molar-refractivity contribution in [1.29, 1.82) is 0 Å². The first-order valence-electron chi connectivity index (χ1n) is 7.15. The van der Waals surface area contributed by atoms with Crippen LogP contribution in [-0.2, 0) is 11.2 Å². The molecule has 1 saturated heterocycles. The number of benzene rings is 1. The third kappa shape index (κ3) is 3.74. The maximum Gasteiger partial charge on any atom is 0.338 e. The average molecular weight is 313 g/mol. The molecule has 1 aromatic carbocycles. The van der Waals surface area contributed by atoms with E-state index in [0.29, 0.717) is 18.7 Å². The number of nitrogens with zero attached hydrogens (tertiary/aromatic N) is 1. The Kier molecular flexibility index (Phi) is 5.58. The van der Waals surface area contributed by atoms with Gasteiger partial charge >= 0.3 is 5.97 Å². The predicted molar refractivity (Wildman–Crippen MR) is 81.9 cm³/mol. The number of ether oxygens (including phenoxy) is 1. The third-order valence-corrected chi connectivity index (χ3v) is 3.98. The molecule has 0 aromatic heterocycles. The maximum atomic E-state index is 11.6. The van der Waals surface area contributed by atoms with Crippen LogP contribution in [0.15, 0.2) is 18.2 Å². The van der Waals surface area contributed by atoms with Crippen LogP contribution in [0.25, 0.3) is 0 Å². The van der Waals surface area contributed by atoms with Gasteiger partial charge in [-0.3, -0.25) is 4.90 Å². The summed E-state index contributed by atoms with van der Waals surface area (Å²) in [4.78, 5) is 13.8. The van der Waals surface area contributed by atoms with Gasteiger partial charge in [-0.2, -0.15) is 0 Å². The fourth-order valence-corrected chi connectivity index (χ4v) is 2.80. The Morgan fingerprint density at radius 1 is 1.33 bits per heavy atom. The number of cyclic esters (lactones) is 1. The van der Waals surface area contributed by atoms with Crippen LogP contribution in [-0.4, -0.2) is 55.3 Å². The van der Waals surface area contributed by atoms with Gasteiger partial charge in [-0.25, -0.2) is 4.79 Å². The molecule has 2 heterocycles. The zero-order valence-corrected chi connectivity index (χ0v) is 12.7. The summed E-state index contributed by atoms with van der Waals surface area (Å²) < 4.78 is 5.01. The van der Waals surface area contributed by atoms with Gasteiger partial charge in [0.25, 0.3) is 0 Å². The molecular formula is C15H21ClN2O3. The lowest BCUT2D eigenvalue weighted by Gasteiger charge is -2.29. The van der Waals surface area contributed by atoms with Crippen LogP contribution in [0.1, 0.15) is 27.6 Å². The molecule has 0 amide bonds. The van der Waals surface area contributed by atoms with Crippen LogP contribution in [0, 0.1) is 0 Å². The molecule has 21 heavy (non-hydrogen) atoms. The lowest BCUT2D eigenvalue weighted by molar-refractivity contribution is 0.0479. The molecule has 1 aromatic rings. The summed E-state index contributed by atoms with van der Waals surface area (Å²) in [5.41, 5.74) is 2.50. The Hall–Kier alpha value is -1.14. The summed E-state index contributed by atoms with van der Waals surface area (Å²) in [5.74, 6) is -0.255. The van der Waals surface area contributed by atoms with Gasteiger partial charge in [-0.1, -0.05) is 12.1 Å². The molecule has 1 fully saturated rings. The second kappa shape index (κ2) is 7.22. The van der Waals surface area contributed by atoms with Crippen LogP contribution >= 0.6 is 12.4 Å². The quantitative estimate of drug-likeness (QED) is 0.807. The number of β-amino-alcohol motifs (C(OH)–C–C–N with tert-alkyl or cyclic N) is 1. The molecule has 0 aliphatic carbocycles. The third-order valence-electron chi connectivity index (χ3n) is 3.98. The summed E-state index contributed by atoms with van der Waals surface area (Å²) in [6.07, 6.45) is 0.228. The highest BCUT2D eigenvalue weighted by atomic mass is 35.5. The molecule has 1 atom stereocenters. The number of fused-ring (bicyclic) bond motifs is 1. The Morgan fingerprint density at radius 2 is 2.10 bits per heavy atom. The lowest BCUT2D eigenvalue weighted by atomic mass is 9.97. The first-order chi connectivity index (χ1) is 9.74. The van der Waals surface area contributed by atoms with Crippen LogP contribution in [0.3, 0.4) is 0 Å². The van der Waals surface area contributed by atoms with E-state index in [1.807, 2.05) is 12.1 Å². The largest absolute Gasteiger partial charge is 0.462 e. The van der Waals surface area contributed by atoms with E-state index in [9.17, 15) is 9.90 Å². The Balaban J connectivity index is 0.00000161. The highest BCUT2D eigenvalue weighted by Gasteiger charge is 2.21. The van der Waals surface area contributed by atoms with Crippen molar-refractivity contribution in [2.24, 2.45) is 0 Å². The van der Waals surface area contributed by atoms with Crippen molar-refractivity contribution in [1.82, 2.24) is 10.2 Å². The molecule has 2 N–H and O–H groups in total. The van der Waals surface area contributed by atoms with Crippen molar-refractivity contribution in [2.75, 3.05) is 39.3 Å². The van der Waals surface area contributed by atoms with E-state index in [-0.39, 0.29) is 18.4 Å². The Morgan fingerprint density at radius 3 is 2.86 bits per heavy atom. The highest BCUT2D eigenvalue weighted by Crippen LogP contribution is 2.22. The number of esters is 1. The summed E-state index contributed by atoms with van der Waals surface area (Å²) in [5, 5.41) is 13.7. The first kappa shape index (κ1) is 16.2. The van der Waals surface area contributed by atoms with Crippen molar-refractivity contribution in [3.8, 4) is 0 Å². The number of aliphatic hydroxyl groups excluding tert-OH is 1. The first-order valence-corrected chi connectivity index (χ1v) is 7.15. The summed E-state index contributed by atoms with van der Waals surface area (Å²) in [6.45, 7) is 4.96. The number of aliphatic hydroxyl groups is 1. The molecule has 6 heteroatoms. The van der Waals surface area contributed by atoms with Gasteiger partial charge < -0.3 is 15.2 Å². The minimum absolute atomic E-state index is 0. The monoisotopic (exact) mass is 312 g/mol. The molecule has 0 saturated carbocycles. The standard InChI is InChI=1S/C15H20N2O3.ClH/c18-14(10-17-6-4-16-5-7-17)12-1-2-13-11(9-12)3-8-20-15(13)19;/h1-2,9,14,16,18H,3-8,10H2;1H. The van der Waals surface area contributed by atoms with Gasteiger partial charge in [0.1, 0.15) is 0 Å². The number of carbonyl (C=O) groups is 1. The topological polar surface area (TPSA) is 61.8 Å². The molecule has 5 nitrogen and oxygen atoms in total. The van der Waals surface area contributed by atoms with Gasteiger partial charge in [0.05, 0.1) is 18.3 Å². The summed E-state index contributed by atoms with van der Waals surface area (Å²) >= 11 is 0. The van der Waals surface area contributed by atoms with Crippen molar-refractivity contribution in [2.45, 2.75) is 12.5 Å². The molecule has 1 unspecified atom stereocenters. The van der Waals surface area contributed by atoms with Crippen molar-refractivity contribution >= 4 is 18.4 Å². The van der Waals surface area contributed by atoms with E-state index in [1.165, 1.54) is 0 Å². The smallest absolute Gasteiger partial charge is 0.338 e. The molecule has 2 aliphatic rings. The van der Waals surface area contributed by atoms with Gasteiger partial charge in [0.15, 0.2) is 0 Å². The van der Waals surface area contributed by atoms with Crippen LogP contribution < -0.4 is 5.32 Å². The SMILES string of the molecule is Cl.O=C1OCCc2cc(C(O)CN3CCNCC3)ccc21.